The van der Waals surface area contributed by atoms with E-state index in [0.29, 0.717) is 26.1 Å². The minimum atomic E-state index is -2.11. The van der Waals surface area contributed by atoms with Crippen LogP contribution in [0.1, 0.15) is 116 Å². The Kier molecular flexibility index (Phi) is 18.0. The quantitative estimate of drug-likeness (QED) is 0.0498. The highest BCUT2D eigenvalue weighted by molar-refractivity contribution is 5.24. The van der Waals surface area contributed by atoms with Crippen LogP contribution in [-0.2, 0) is 20.6 Å². The van der Waals surface area contributed by atoms with Crippen LogP contribution in [0.25, 0.3) is 0 Å². The van der Waals surface area contributed by atoms with Crippen molar-refractivity contribution >= 4 is 0 Å². The van der Waals surface area contributed by atoms with E-state index in [-0.39, 0.29) is 12.5 Å². The summed E-state index contributed by atoms with van der Waals surface area (Å²) in [5.41, 5.74) is -0.729. The minimum absolute atomic E-state index is 0.0251. The highest BCUT2D eigenvalue weighted by Crippen LogP contribution is 2.25. The van der Waals surface area contributed by atoms with Crippen molar-refractivity contribution in [1.82, 2.24) is 0 Å². The van der Waals surface area contributed by atoms with Gasteiger partial charge in [0, 0.05) is 18.8 Å². The van der Waals surface area contributed by atoms with Gasteiger partial charge in [-0.15, -0.1) is 0 Å². The lowest BCUT2D eigenvalue weighted by molar-refractivity contribution is -0.302. The zero-order valence-corrected chi connectivity index (χ0v) is 22.3. The van der Waals surface area contributed by atoms with E-state index in [1.54, 1.807) is 0 Å². The lowest BCUT2D eigenvalue weighted by Gasteiger charge is -2.24. The Labute approximate surface area is 214 Å². The number of halogens is 5. The first-order valence-corrected chi connectivity index (χ1v) is 13.8. The SMILES string of the molecule is CCCCCCCCCC(CCCCCCCc1c(F)c(F)c(F)c(F)c1F)OC(OCC)OCC. The van der Waals surface area contributed by atoms with Gasteiger partial charge in [0.25, 0.3) is 6.48 Å². The monoisotopic (exact) mass is 524 g/mol. The van der Waals surface area contributed by atoms with Gasteiger partial charge in [-0.3, -0.25) is 0 Å². The molecule has 0 aliphatic heterocycles. The molecule has 0 heterocycles. The molecule has 0 aliphatic carbocycles. The van der Waals surface area contributed by atoms with Crippen LogP contribution >= 0.6 is 0 Å². The van der Waals surface area contributed by atoms with Gasteiger partial charge in [0.15, 0.2) is 23.3 Å². The van der Waals surface area contributed by atoms with Crippen molar-refractivity contribution < 1.29 is 36.2 Å². The molecule has 0 aliphatic rings. The number of rotatable bonds is 22. The summed E-state index contributed by atoms with van der Waals surface area (Å²) in [6.07, 6.45) is 13.8. The van der Waals surface area contributed by atoms with Crippen LogP contribution in [0.4, 0.5) is 22.0 Å². The molecule has 0 spiro atoms. The fourth-order valence-electron chi connectivity index (χ4n) is 4.24. The Morgan fingerprint density at radius 2 is 0.944 bits per heavy atom. The van der Waals surface area contributed by atoms with Crippen LogP contribution in [0.3, 0.4) is 0 Å². The predicted molar refractivity (Wildman–Crippen MR) is 132 cm³/mol. The smallest absolute Gasteiger partial charge is 0.271 e. The first-order valence-electron chi connectivity index (χ1n) is 13.8. The third kappa shape index (κ3) is 12.3. The summed E-state index contributed by atoms with van der Waals surface area (Å²) >= 11 is 0. The summed E-state index contributed by atoms with van der Waals surface area (Å²) in [6.45, 7) is 6.33. The van der Waals surface area contributed by atoms with Crippen molar-refractivity contribution in [2.45, 2.75) is 130 Å². The van der Waals surface area contributed by atoms with E-state index in [4.69, 9.17) is 14.2 Å². The van der Waals surface area contributed by atoms with Crippen molar-refractivity contribution in [3.8, 4) is 0 Å². The standard InChI is InChI=1S/C28H45F5O3/c1-4-7-8-9-10-12-15-18-21(36-28(34-5-2)35-6-3)19-16-13-11-14-17-20-22-23(29)25(31)27(33)26(32)24(22)30/h21,28H,4-20H2,1-3H3. The molecule has 0 aromatic heterocycles. The molecule has 0 bridgehead atoms. The lowest BCUT2D eigenvalue weighted by atomic mass is 10.0. The first-order chi connectivity index (χ1) is 17.4. The molecule has 0 fully saturated rings. The summed E-state index contributed by atoms with van der Waals surface area (Å²) in [4.78, 5) is 0. The number of unbranched alkanes of at least 4 members (excludes halogenated alkanes) is 10. The van der Waals surface area contributed by atoms with Crippen LogP contribution in [0.2, 0.25) is 0 Å². The number of ether oxygens (including phenoxy) is 3. The van der Waals surface area contributed by atoms with Gasteiger partial charge in [-0.25, -0.2) is 22.0 Å². The normalized spacial score (nSPS) is 12.6. The van der Waals surface area contributed by atoms with E-state index in [2.05, 4.69) is 6.92 Å². The second-order valence-corrected chi connectivity index (χ2v) is 9.22. The third-order valence-electron chi connectivity index (χ3n) is 6.29. The van der Waals surface area contributed by atoms with Gasteiger partial charge in [-0.1, -0.05) is 77.6 Å². The molecule has 0 saturated heterocycles. The highest BCUT2D eigenvalue weighted by atomic mass is 19.2. The molecule has 3 nitrogen and oxygen atoms in total. The molecular formula is C28H45F5O3. The van der Waals surface area contributed by atoms with E-state index in [1.165, 1.54) is 38.5 Å². The van der Waals surface area contributed by atoms with Crippen LogP contribution in [-0.4, -0.2) is 25.8 Å². The van der Waals surface area contributed by atoms with Gasteiger partial charge < -0.3 is 14.2 Å². The highest BCUT2D eigenvalue weighted by Gasteiger charge is 2.25. The van der Waals surface area contributed by atoms with Crippen molar-refractivity contribution in [3.63, 3.8) is 0 Å². The van der Waals surface area contributed by atoms with E-state index in [0.717, 1.165) is 38.5 Å². The van der Waals surface area contributed by atoms with E-state index in [9.17, 15) is 22.0 Å². The minimum Gasteiger partial charge on any atom is -0.330 e. The molecule has 1 aromatic rings. The number of benzene rings is 1. The summed E-state index contributed by atoms with van der Waals surface area (Å²) in [5, 5.41) is 0. The first kappa shape index (κ1) is 32.8. The molecular weight excluding hydrogens is 479 g/mol. The average Bonchev–Trinajstić information content (AvgIpc) is 2.87. The Hall–Kier alpha value is -1.25. The molecule has 1 unspecified atom stereocenters. The molecule has 0 radical (unpaired) electrons. The molecule has 1 atom stereocenters. The Bertz CT molecular complexity index is 682. The predicted octanol–water partition coefficient (Wildman–Crippen LogP) is 9.15. The van der Waals surface area contributed by atoms with Crippen molar-refractivity contribution in [3.05, 3.63) is 34.6 Å². The maximum Gasteiger partial charge on any atom is 0.271 e. The molecule has 0 N–H and O–H groups in total. The number of hydrogen-bond acceptors (Lipinski definition) is 3. The van der Waals surface area contributed by atoms with Gasteiger partial charge in [0.2, 0.25) is 5.82 Å². The maximum atomic E-state index is 13.8. The summed E-state index contributed by atoms with van der Waals surface area (Å²) < 4.78 is 84.6. The summed E-state index contributed by atoms with van der Waals surface area (Å²) in [5.74, 6) is -9.33. The largest absolute Gasteiger partial charge is 0.330 e. The van der Waals surface area contributed by atoms with E-state index < -0.39 is 41.1 Å². The maximum absolute atomic E-state index is 13.8. The summed E-state index contributed by atoms with van der Waals surface area (Å²) in [6, 6.07) is 0. The topological polar surface area (TPSA) is 27.7 Å². The van der Waals surface area contributed by atoms with Crippen LogP contribution in [0.15, 0.2) is 0 Å². The lowest BCUT2D eigenvalue weighted by Crippen LogP contribution is -2.27. The Balaban J connectivity index is 2.41. The summed E-state index contributed by atoms with van der Waals surface area (Å²) in [7, 11) is 0. The average molecular weight is 525 g/mol. The van der Waals surface area contributed by atoms with E-state index >= 15 is 0 Å². The molecule has 8 heteroatoms. The second-order valence-electron chi connectivity index (χ2n) is 9.22. The fourth-order valence-corrected chi connectivity index (χ4v) is 4.24. The Morgan fingerprint density at radius 1 is 0.528 bits per heavy atom. The zero-order chi connectivity index (χ0) is 26.8. The molecule has 0 amide bonds. The van der Waals surface area contributed by atoms with Crippen LogP contribution in [0.5, 0.6) is 0 Å². The molecule has 0 saturated carbocycles. The van der Waals surface area contributed by atoms with Gasteiger partial charge in [0.05, 0.1) is 6.10 Å². The van der Waals surface area contributed by atoms with Gasteiger partial charge in [-0.05, 0) is 39.5 Å². The van der Waals surface area contributed by atoms with Gasteiger partial charge >= 0.3 is 0 Å². The van der Waals surface area contributed by atoms with E-state index in [1.807, 2.05) is 13.8 Å². The van der Waals surface area contributed by atoms with Gasteiger partial charge in [0.1, 0.15) is 0 Å². The second kappa shape index (κ2) is 19.8. The van der Waals surface area contributed by atoms with Crippen molar-refractivity contribution in [1.29, 1.82) is 0 Å². The molecule has 1 aromatic carbocycles. The fraction of sp³-hybridized carbons (Fsp3) is 0.786. The Morgan fingerprint density at radius 3 is 1.42 bits per heavy atom. The molecule has 36 heavy (non-hydrogen) atoms. The van der Waals surface area contributed by atoms with Crippen LogP contribution < -0.4 is 0 Å². The van der Waals surface area contributed by atoms with Crippen molar-refractivity contribution in [2.24, 2.45) is 0 Å². The van der Waals surface area contributed by atoms with Crippen LogP contribution in [0, 0.1) is 29.1 Å². The third-order valence-corrected chi connectivity index (χ3v) is 6.29. The molecule has 1 rings (SSSR count). The number of hydrogen-bond donors (Lipinski definition) is 0. The van der Waals surface area contributed by atoms with Crippen molar-refractivity contribution in [2.75, 3.05) is 13.2 Å². The molecule has 210 valence electrons. The van der Waals surface area contributed by atoms with Gasteiger partial charge in [-0.2, -0.15) is 0 Å². The zero-order valence-electron chi connectivity index (χ0n) is 22.3.